The van der Waals surface area contributed by atoms with E-state index in [0.717, 1.165) is 22.3 Å². The number of phenolic OH excluding ortho intramolecular Hbond substituents is 1. The third-order valence-electron chi connectivity index (χ3n) is 6.68. The highest BCUT2D eigenvalue weighted by Crippen LogP contribution is 2.35. The van der Waals surface area contributed by atoms with E-state index < -0.39 is 12.0 Å². The van der Waals surface area contributed by atoms with Crippen molar-refractivity contribution in [1.82, 2.24) is 4.57 Å². The summed E-state index contributed by atoms with van der Waals surface area (Å²) in [5.41, 5.74) is 3.88. The second kappa shape index (κ2) is 11.0. The molecule has 0 saturated heterocycles. The Labute approximate surface area is 226 Å². The molecular formula is C30H34N2O5S. The molecule has 7 nitrogen and oxygen atoms in total. The molecule has 3 aromatic rings. The van der Waals surface area contributed by atoms with Gasteiger partial charge in [-0.3, -0.25) is 9.36 Å². The number of hydrogen-bond acceptors (Lipinski definition) is 7. The summed E-state index contributed by atoms with van der Waals surface area (Å²) in [5, 5.41) is 10.8. The molecule has 0 bridgehead atoms. The molecule has 2 heterocycles. The van der Waals surface area contributed by atoms with Gasteiger partial charge in [0.25, 0.3) is 5.56 Å². The van der Waals surface area contributed by atoms with Crippen molar-refractivity contribution in [2.24, 2.45) is 4.99 Å². The Hall–Kier alpha value is -3.65. The van der Waals surface area contributed by atoms with Crippen LogP contribution < -0.4 is 19.6 Å². The number of aromatic hydroxyl groups is 1. The van der Waals surface area contributed by atoms with Crippen molar-refractivity contribution in [3.8, 4) is 11.5 Å². The number of fused-ring (bicyclic) bond motifs is 1. The van der Waals surface area contributed by atoms with E-state index in [1.807, 2.05) is 58.0 Å². The maximum absolute atomic E-state index is 13.9. The van der Waals surface area contributed by atoms with Gasteiger partial charge in [-0.15, -0.1) is 0 Å². The average Bonchev–Trinajstić information content (AvgIpc) is 3.18. The lowest BCUT2D eigenvalue weighted by Gasteiger charge is -2.24. The third kappa shape index (κ3) is 5.05. The summed E-state index contributed by atoms with van der Waals surface area (Å²) >= 11 is 1.28. The smallest absolute Gasteiger partial charge is 0.338 e. The van der Waals surface area contributed by atoms with Crippen LogP contribution in [0.3, 0.4) is 0 Å². The van der Waals surface area contributed by atoms with Gasteiger partial charge in [-0.1, -0.05) is 51.2 Å². The lowest BCUT2D eigenvalue weighted by molar-refractivity contribution is -0.139. The summed E-state index contributed by atoms with van der Waals surface area (Å²) in [4.78, 5) is 32.1. The van der Waals surface area contributed by atoms with Gasteiger partial charge < -0.3 is 14.6 Å². The monoisotopic (exact) mass is 534 g/mol. The minimum atomic E-state index is -0.685. The number of thiazole rings is 1. The lowest BCUT2D eigenvalue weighted by Crippen LogP contribution is -2.39. The van der Waals surface area contributed by atoms with Crippen molar-refractivity contribution in [3.63, 3.8) is 0 Å². The minimum Gasteiger partial charge on any atom is -0.507 e. The summed E-state index contributed by atoms with van der Waals surface area (Å²) in [6.45, 7) is 11.9. The number of carbonyl (C=O) groups is 1. The fourth-order valence-electron chi connectivity index (χ4n) is 4.71. The fraction of sp³-hybridized carbons (Fsp3) is 0.367. The Bertz CT molecular complexity index is 1550. The number of esters is 1. The van der Waals surface area contributed by atoms with E-state index in [2.05, 4.69) is 4.99 Å². The number of methoxy groups -OCH3 is 1. The second-order valence-corrected chi connectivity index (χ2v) is 10.9. The van der Waals surface area contributed by atoms with E-state index >= 15 is 0 Å². The van der Waals surface area contributed by atoms with E-state index in [-0.39, 0.29) is 24.0 Å². The summed E-state index contributed by atoms with van der Waals surface area (Å²) < 4.78 is 12.7. The van der Waals surface area contributed by atoms with Gasteiger partial charge in [0.1, 0.15) is 11.5 Å². The van der Waals surface area contributed by atoms with Crippen molar-refractivity contribution >= 4 is 23.4 Å². The van der Waals surface area contributed by atoms with Crippen LogP contribution in [-0.2, 0) is 9.53 Å². The molecule has 1 N–H and O–H groups in total. The van der Waals surface area contributed by atoms with Gasteiger partial charge in [0.2, 0.25) is 0 Å². The number of rotatable bonds is 7. The van der Waals surface area contributed by atoms with Gasteiger partial charge >= 0.3 is 5.97 Å². The van der Waals surface area contributed by atoms with Gasteiger partial charge in [0.15, 0.2) is 4.80 Å². The molecule has 0 aliphatic carbocycles. The molecule has 0 fully saturated rings. The summed E-state index contributed by atoms with van der Waals surface area (Å²) in [6, 6.07) is 10.5. The van der Waals surface area contributed by atoms with Gasteiger partial charge in [0, 0.05) is 0 Å². The molecule has 1 aliphatic rings. The molecule has 2 aromatic carbocycles. The fourth-order valence-corrected chi connectivity index (χ4v) is 5.76. The van der Waals surface area contributed by atoms with Gasteiger partial charge in [-0.05, 0) is 78.3 Å². The number of hydrogen-bond donors (Lipinski definition) is 1. The number of nitrogens with zero attached hydrogens (tertiary/aromatic N) is 2. The normalized spacial score (nSPS) is 15.6. The molecule has 0 spiro atoms. The Balaban J connectivity index is 1.96. The zero-order valence-electron chi connectivity index (χ0n) is 22.9. The summed E-state index contributed by atoms with van der Waals surface area (Å²) in [6.07, 6.45) is 1.84. The predicted octanol–water partition coefficient (Wildman–Crippen LogP) is 4.76. The molecule has 200 valence electrons. The Morgan fingerprint density at radius 1 is 1.13 bits per heavy atom. The van der Waals surface area contributed by atoms with E-state index in [4.69, 9.17) is 9.47 Å². The molecule has 38 heavy (non-hydrogen) atoms. The number of phenols is 1. The van der Waals surface area contributed by atoms with E-state index in [0.29, 0.717) is 32.1 Å². The number of ether oxygens (including phenoxy) is 2. The van der Waals surface area contributed by atoms with Crippen LogP contribution in [0.1, 0.15) is 81.7 Å². The maximum atomic E-state index is 13.9. The highest BCUT2D eigenvalue weighted by Gasteiger charge is 2.33. The summed E-state index contributed by atoms with van der Waals surface area (Å²) in [7, 11) is 1.59. The van der Waals surface area contributed by atoms with Gasteiger partial charge in [-0.25, -0.2) is 9.79 Å². The first-order chi connectivity index (χ1) is 18.1. The van der Waals surface area contributed by atoms with Crippen molar-refractivity contribution < 1.29 is 19.4 Å². The number of allylic oxidation sites excluding steroid dienone is 1. The SMILES string of the molecule is CCOC(=O)C1=C(C)N=c2s/c(=C\c3cc(C(C)C)c(O)c(C(C)C)c3)c(=O)n2[C@H]1c1ccc(OC)cc1. The van der Waals surface area contributed by atoms with E-state index in [1.54, 1.807) is 37.7 Å². The molecular weight excluding hydrogens is 500 g/mol. The van der Waals surface area contributed by atoms with Crippen molar-refractivity contribution in [2.75, 3.05) is 13.7 Å². The first-order valence-corrected chi connectivity index (χ1v) is 13.6. The number of aromatic nitrogens is 1. The second-order valence-electron chi connectivity index (χ2n) is 9.93. The van der Waals surface area contributed by atoms with Crippen LogP contribution >= 0.6 is 11.3 Å². The number of carbonyl (C=O) groups excluding carboxylic acids is 1. The molecule has 0 amide bonds. The quantitative estimate of drug-likeness (QED) is 0.442. The Kier molecular flexibility index (Phi) is 7.92. The Morgan fingerprint density at radius 2 is 1.74 bits per heavy atom. The van der Waals surface area contributed by atoms with Crippen LogP contribution in [-0.4, -0.2) is 29.4 Å². The largest absolute Gasteiger partial charge is 0.507 e. The van der Waals surface area contributed by atoms with Crippen molar-refractivity contribution in [1.29, 1.82) is 0 Å². The molecule has 0 radical (unpaired) electrons. The first-order valence-electron chi connectivity index (χ1n) is 12.8. The lowest BCUT2D eigenvalue weighted by atomic mass is 9.91. The highest BCUT2D eigenvalue weighted by atomic mass is 32.1. The van der Waals surface area contributed by atoms with Crippen LogP contribution in [0, 0.1) is 0 Å². The first kappa shape index (κ1) is 27.4. The van der Waals surface area contributed by atoms with E-state index in [9.17, 15) is 14.7 Å². The topological polar surface area (TPSA) is 90.1 Å². The van der Waals surface area contributed by atoms with E-state index in [1.165, 1.54) is 11.3 Å². The van der Waals surface area contributed by atoms with Crippen LogP contribution in [0.15, 0.2) is 57.5 Å². The van der Waals surface area contributed by atoms with Crippen molar-refractivity contribution in [3.05, 3.63) is 89.6 Å². The minimum absolute atomic E-state index is 0.118. The zero-order valence-corrected chi connectivity index (χ0v) is 23.7. The molecule has 0 saturated carbocycles. The molecule has 4 rings (SSSR count). The van der Waals surface area contributed by atoms with Gasteiger partial charge in [0.05, 0.1) is 35.6 Å². The van der Waals surface area contributed by atoms with Crippen LogP contribution in [0.4, 0.5) is 0 Å². The molecule has 1 aliphatic heterocycles. The molecule has 0 unspecified atom stereocenters. The molecule has 1 atom stereocenters. The maximum Gasteiger partial charge on any atom is 0.338 e. The zero-order chi connectivity index (χ0) is 27.7. The highest BCUT2D eigenvalue weighted by molar-refractivity contribution is 7.07. The predicted molar refractivity (Wildman–Crippen MR) is 150 cm³/mol. The van der Waals surface area contributed by atoms with Crippen LogP contribution in [0.5, 0.6) is 11.5 Å². The summed E-state index contributed by atoms with van der Waals surface area (Å²) in [5.74, 6) is 0.723. The molecule has 8 heteroatoms. The van der Waals surface area contributed by atoms with Gasteiger partial charge in [-0.2, -0.15) is 0 Å². The molecule has 1 aromatic heterocycles. The van der Waals surface area contributed by atoms with Crippen molar-refractivity contribution in [2.45, 2.75) is 59.4 Å². The Morgan fingerprint density at radius 3 is 2.26 bits per heavy atom. The van der Waals surface area contributed by atoms with Crippen LogP contribution in [0.2, 0.25) is 0 Å². The average molecular weight is 535 g/mol. The van der Waals surface area contributed by atoms with Crippen LogP contribution in [0.25, 0.3) is 6.08 Å². The number of benzene rings is 2. The standard InChI is InChI=1S/C30H34N2O5S/c1-8-37-29(35)25-18(6)31-30-32(26(25)20-9-11-21(36-7)12-10-20)28(34)24(38-30)15-19-13-22(16(2)3)27(33)23(14-19)17(4)5/h9-17,26,33H,8H2,1-7H3/b24-15-/t26-/m0/s1. The third-order valence-corrected chi connectivity index (χ3v) is 7.66.